The molecule has 1 N–H and O–H groups in total. The Morgan fingerprint density at radius 1 is 1.26 bits per heavy atom. The van der Waals surface area contributed by atoms with Gasteiger partial charge in [-0.15, -0.1) is 18.3 Å². The highest BCUT2D eigenvalue weighted by Crippen LogP contribution is 2.15. The number of aliphatic hydroxyl groups excluding tert-OH is 1. The van der Waals surface area contributed by atoms with Crippen molar-refractivity contribution in [2.24, 2.45) is 0 Å². The van der Waals surface area contributed by atoms with Gasteiger partial charge in [0, 0.05) is 17.3 Å². The SMILES string of the molecule is C#CCCCCC#C[C@@H](O)/C(Br)=C/c1ccccc1. The van der Waals surface area contributed by atoms with Gasteiger partial charge < -0.3 is 5.11 Å². The van der Waals surface area contributed by atoms with E-state index in [-0.39, 0.29) is 0 Å². The van der Waals surface area contributed by atoms with Crippen LogP contribution in [-0.2, 0) is 0 Å². The normalized spacial score (nSPS) is 12.2. The van der Waals surface area contributed by atoms with E-state index in [9.17, 15) is 5.11 Å². The number of hydrogen-bond donors (Lipinski definition) is 1. The lowest BCUT2D eigenvalue weighted by Crippen LogP contribution is -2.01. The van der Waals surface area contributed by atoms with Crippen LogP contribution in [0.4, 0.5) is 0 Å². The number of hydrogen-bond acceptors (Lipinski definition) is 1. The molecule has 0 heterocycles. The molecule has 0 saturated carbocycles. The van der Waals surface area contributed by atoms with Crippen LogP contribution in [0.2, 0.25) is 0 Å². The van der Waals surface area contributed by atoms with Crippen molar-refractivity contribution in [3.05, 3.63) is 40.4 Å². The van der Waals surface area contributed by atoms with Crippen molar-refractivity contribution in [2.45, 2.75) is 31.8 Å². The number of benzene rings is 1. The molecule has 0 aromatic heterocycles. The molecule has 1 rings (SSSR count). The molecule has 0 saturated heterocycles. The Hall–Kier alpha value is -1.48. The van der Waals surface area contributed by atoms with E-state index in [4.69, 9.17) is 6.42 Å². The molecule has 0 spiro atoms. The van der Waals surface area contributed by atoms with Crippen molar-refractivity contribution >= 4 is 22.0 Å². The first kappa shape index (κ1) is 15.6. The molecule has 1 nitrogen and oxygen atoms in total. The van der Waals surface area contributed by atoms with E-state index in [1.54, 1.807) is 0 Å². The Bertz CT molecular complexity index is 500. The molecule has 1 aromatic rings. The smallest absolute Gasteiger partial charge is 0.146 e. The van der Waals surface area contributed by atoms with Crippen molar-refractivity contribution in [3.63, 3.8) is 0 Å². The number of unbranched alkanes of at least 4 members (excludes halogenated alkanes) is 3. The number of aliphatic hydroxyl groups is 1. The van der Waals surface area contributed by atoms with Gasteiger partial charge in [0.15, 0.2) is 0 Å². The molecule has 0 bridgehead atoms. The van der Waals surface area contributed by atoms with Crippen molar-refractivity contribution in [1.82, 2.24) is 0 Å². The van der Waals surface area contributed by atoms with Gasteiger partial charge in [0.2, 0.25) is 0 Å². The van der Waals surface area contributed by atoms with E-state index >= 15 is 0 Å². The predicted molar refractivity (Wildman–Crippen MR) is 84.4 cm³/mol. The van der Waals surface area contributed by atoms with Gasteiger partial charge in [-0.05, 0) is 24.5 Å². The lowest BCUT2D eigenvalue weighted by molar-refractivity contribution is 0.278. The molecule has 0 unspecified atom stereocenters. The first-order chi connectivity index (χ1) is 9.24. The number of rotatable bonds is 5. The minimum absolute atomic E-state index is 0.676. The molecule has 0 fully saturated rings. The standard InChI is InChI=1S/C17H17BrO/c1-2-3-4-5-6-10-13-17(19)16(18)14-15-11-8-7-9-12-15/h1,7-9,11-12,14,17,19H,3-6H2/b16-14-/t17-/m1/s1. The summed E-state index contributed by atoms with van der Waals surface area (Å²) in [5.74, 6) is 8.39. The molecule has 1 aromatic carbocycles. The van der Waals surface area contributed by atoms with Gasteiger partial charge in [-0.25, -0.2) is 0 Å². The van der Waals surface area contributed by atoms with Crippen molar-refractivity contribution in [1.29, 1.82) is 0 Å². The zero-order chi connectivity index (χ0) is 13.9. The quantitative estimate of drug-likeness (QED) is 0.643. The second-order valence-corrected chi connectivity index (χ2v) is 4.99. The highest BCUT2D eigenvalue weighted by Gasteiger charge is 2.03. The van der Waals surface area contributed by atoms with Gasteiger partial charge in [0.25, 0.3) is 0 Å². The van der Waals surface area contributed by atoms with E-state index in [2.05, 4.69) is 33.7 Å². The van der Waals surface area contributed by atoms with Gasteiger partial charge in [-0.2, -0.15) is 0 Å². The van der Waals surface area contributed by atoms with Crippen LogP contribution < -0.4 is 0 Å². The molecule has 19 heavy (non-hydrogen) atoms. The second-order valence-electron chi connectivity index (χ2n) is 4.07. The first-order valence-corrected chi connectivity index (χ1v) is 7.05. The summed E-state index contributed by atoms with van der Waals surface area (Å²) in [7, 11) is 0. The van der Waals surface area contributed by atoms with Crippen LogP contribution in [0, 0.1) is 24.2 Å². The molecule has 98 valence electrons. The topological polar surface area (TPSA) is 20.2 Å². The summed E-state index contributed by atoms with van der Waals surface area (Å²) in [4.78, 5) is 0. The van der Waals surface area contributed by atoms with Gasteiger partial charge >= 0.3 is 0 Å². The third kappa shape index (κ3) is 6.87. The largest absolute Gasteiger partial charge is 0.376 e. The highest BCUT2D eigenvalue weighted by molar-refractivity contribution is 9.11. The highest BCUT2D eigenvalue weighted by atomic mass is 79.9. The van der Waals surface area contributed by atoms with Crippen molar-refractivity contribution < 1.29 is 5.11 Å². The van der Waals surface area contributed by atoms with Crippen LogP contribution in [0.3, 0.4) is 0 Å². The minimum atomic E-state index is -0.771. The van der Waals surface area contributed by atoms with E-state index in [0.717, 1.165) is 31.2 Å². The van der Waals surface area contributed by atoms with Crippen LogP contribution in [0.25, 0.3) is 6.08 Å². The molecule has 0 radical (unpaired) electrons. The Balaban J connectivity index is 2.45. The Labute approximate surface area is 123 Å². The molecule has 0 amide bonds. The fourth-order valence-corrected chi connectivity index (χ4v) is 1.84. The Morgan fingerprint density at radius 3 is 2.63 bits per heavy atom. The first-order valence-electron chi connectivity index (χ1n) is 6.26. The molecular weight excluding hydrogens is 300 g/mol. The second kappa shape index (κ2) is 9.45. The van der Waals surface area contributed by atoms with Crippen molar-refractivity contribution in [3.8, 4) is 24.2 Å². The maximum Gasteiger partial charge on any atom is 0.146 e. The zero-order valence-corrected chi connectivity index (χ0v) is 12.4. The van der Waals surface area contributed by atoms with Crippen LogP contribution in [-0.4, -0.2) is 11.2 Å². The van der Waals surface area contributed by atoms with E-state index < -0.39 is 6.10 Å². The molecule has 1 atom stereocenters. The fourth-order valence-electron chi connectivity index (χ4n) is 1.47. The van der Waals surface area contributed by atoms with Gasteiger partial charge in [0.1, 0.15) is 6.10 Å². The van der Waals surface area contributed by atoms with Gasteiger partial charge in [-0.1, -0.05) is 52.2 Å². The summed E-state index contributed by atoms with van der Waals surface area (Å²) in [6.07, 6.45) is 9.79. The summed E-state index contributed by atoms with van der Waals surface area (Å²) in [6.45, 7) is 0. The lowest BCUT2D eigenvalue weighted by Gasteiger charge is -2.02. The van der Waals surface area contributed by atoms with Gasteiger partial charge in [-0.3, -0.25) is 0 Å². The summed E-state index contributed by atoms with van der Waals surface area (Å²) in [5, 5.41) is 9.86. The zero-order valence-electron chi connectivity index (χ0n) is 10.8. The van der Waals surface area contributed by atoms with Crippen LogP contribution in [0.5, 0.6) is 0 Å². The maximum atomic E-state index is 9.86. The van der Waals surface area contributed by atoms with Crippen molar-refractivity contribution in [2.75, 3.05) is 0 Å². The summed E-state index contributed by atoms with van der Waals surface area (Å²) in [5.41, 5.74) is 1.03. The Kier molecular flexibility index (Phi) is 7.75. The third-order valence-electron chi connectivity index (χ3n) is 2.48. The maximum absolute atomic E-state index is 9.86. The van der Waals surface area contributed by atoms with Gasteiger partial charge in [0.05, 0.1) is 0 Å². The molecule has 0 aliphatic heterocycles. The monoisotopic (exact) mass is 316 g/mol. The average Bonchev–Trinajstić information content (AvgIpc) is 2.43. The number of halogens is 1. The third-order valence-corrected chi connectivity index (χ3v) is 3.14. The Morgan fingerprint density at radius 2 is 1.95 bits per heavy atom. The summed E-state index contributed by atoms with van der Waals surface area (Å²) >= 11 is 3.36. The van der Waals surface area contributed by atoms with E-state index in [0.29, 0.717) is 4.48 Å². The van der Waals surface area contributed by atoms with E-state index in [1.165, 1.54) is 0 Å². The number of terminal acetylenes is 1. The van der Waals surface area contributed by atoms with Crippen LogP contribution in [0.1, 0.15) is 31.2 Å². The molecular formula is C17H17BrO. The lowest BCUT2D eigenvalue weighted by atomic mass is 10.1. The van der Waals surface area contributed by atoms with Crippen LogP contribution in [0.15, 0.2) is 34.8 Å². The van der Waals surface area contributed by atoms with Crippen LogP contribution >= 0.6 is 15.9 Å². The summed E-state index contributed by atoms with van der Waals surface area (Å²) in [6, 6.07) is 9.81. The average molecular weight is 317 g/mol. The molecule has 0 aliphatic rings. The molecule has 2 heteroatoms. The minimum Gasteiger partial charge on any atom is -0.376 e. The van der Waals surface area contributed by atoms with E-state index in [1.807, 2.05) is 36.4 Å². The molecule has 0 aliphatic carbocycles. The fraction of sp³-hybridized carbons (Fsp3) is 0.294. The predicted octanol–water partition coefficient (Wildman–Crippen LogP) is 3.98. The summed E-state index contributed by atoms with van der Waals surface area (Å²) < 4.78 is 0.676.